The second-order valence-corrected chi connectivity index (χ2v) is 6.69. The lowest BCUT2D eigenvalue weighted by atomic mass is 10.1. The van der Waals surface area contributed by atoms with Crippen LogP contribution in [0.5, 0.6) is 0 Å². The van der Waals surface area contributed by atoms with Crippen LogP contribution in [0.1, 0.15) is 30.7 Å². The summed E-state index contributed by atoms with van der Waals surface area (Å²) in [6.45, 7) is 2.79. The van der Waals surface area contributed by atoms with Crippen LogP contribution < -0.4 is 16.3 Å². The van der Waals surface area contributed by atoms with E-state index in [1.807, 2.05) is 0 Å². The lowest BCUT2D eigenvalue weighted by Gasteiger charge is -2.11. The van der Waals surface area contributed by atoms with Gasteiger partial charge < -0.3 is 10.6 Å². The molecule has 0 saturated heterocycles. The molecule has 2 N–H and O–H groups in total. The average molecular weight is 374 g/mol. The number of aliphatic imine (C=N–C) groups is 1. The van der Waals surface area contributed by atoms with Crippen LogP contribution in [0.25, 0.3) is 0 Å². The molecule has 0 radical (unpaired) electrons. The maximum Gasteiger partial charge on any atom is 0.345 e. The molecule has 0 aliphatic carbocycles. The van der Waals surface area contributed by atoms with E-state index in [0.717, 1.165) is 50.0 Å². The van der Waals surface area contributed by atoms with Crippen molar-refractivity contribution in [1.82, 2.24) is 25.0 Å². The summed E-state index contributed by atoms with van der Waals surface area (Å²) in [5, 5.41) is 10.9. The number of hydrogen-bond donors (Lipinski definition) is 2. The van der Waals surface area contributed by atoms with Gasteiger partial charge in [-0.1, -0.05) is 12.1 Å². The highest BCUT2D eigenvalue weighted by Gasteiger charge is 2.16. The van der Waals surface area contributed by atoms with Crippen molar-refractivity contribution in [2.75, 3.05) is 20.1 Å². The summed E-state index contributed by atoms with van der Waals surface area (Å²) in [4.78, 5) is 16.5. The summed E-state index contributed by atoms with van der Waals surface area (Å²) < 4.78 is 16.3. The first-order valence-electron chi connectivity index (χ1n) is 9.53. The van der Waals surface area contributed by atoms with Crippen molar-refractivity contribution in [3.8, 4) is 0 Å². The standard InChI is InChI=1S/C19H27FN6O/c1-21-18(23-12-10-15-6-8-16(20)9-7-15)22-11-4-14-26-19(27)25-13-3-2-5-17(25)24-26/h6-9H,2-5,10-14H2,1H3,(H2,21,22,23). The van der Waals surface area contributed by atoms with Crippen molar-refractivity contribution >= 4 is 5.96 Å². The van der Waals surface area contributed by atoms with Gasteiger partial charge in [-0.2, -0.15) is 5.10 Å². The van der Waals surface area contributed by atoms with E-state index in [2.05, 4.69) is 20.7 Å². The second kappa shape index (κ2) is 9.34. The third-order valence-electron chi connectivity index (χ3n) is 4.71. The minimum Gasteiger partial charge on any atom is -0.356 e. The van der Waals surface area contributed by atoms with Gasteiger partial charge in [-0.05, 0) is 43.4 Å². The molecule has 0 bridgehead atoms. The highest BCUT2D eigenvalue weighted by molar-refractivity contribution is 5.79. The normalized spacial score (nSPS) is 14.1. The third kappa shape index (κ3) is 5.18. The van der Waals surface area contributed by atoms with Crippen molar-refractivity contribution < 1.29 is 4.39 Å². The van der Waals surface area contributed by atoms with Crippen molar-refractivity contribution in [2.24, 2.45) is 4.99 Å². The van der Waals surface area contributed by atoms with Crippen LogP contribution in [0.15, 0.2) is 34.1 Å². The molecule has 3 rings (SSSR count). The van der Waals surface area contributed by atoms with Gasteiger partial charge in [0.25, 0.3) is 0 Å². The molecule has 2 heterocycles. The minimum atomic E-state index is -0.221. The molecule has 1 aromatic heterocycles. The van der Waals surface area contributed by atoms with E-state index in [9.17, 15) is 9.18 Å². The molecule has 1 aliphatic heterocycles. The van der Waals surface area contributed by atoms with Crippen LogP contribution in [-0.2, 0) is 25.9 Å². The zero-order valence-electron chi connectivity index (χ0n) is 15.7. The first-order chi connectivity index (χ1) is 13.2. The number of rotatable bonds is 7. The Balaban J connectivity index is 1.38. The molecule has 7 nitrogen and oxygen atoms in total. The maximum absolute atomic E-state index is 12.9. The average Bonchev–Trinajstić information content (AvgIpc) is 3.01. The first-order valence-corrected chi connectivity index (χ1v) is 9.53. The summed E-state index contributed by atoms with van der Waals surface area (Å²) >= 11 is 0. The van der Waals surface area contributed by atoms with E-state index in [1.54, 1.807) is 28.4 Å². The lowest BCUT2D eigenvalue weighted by Crippen LogP contribution is -2.39. The van der Waals surface area contributed by atoms with Gasteiger partial charge in [0.05, 0.1) is 0 Å². The van der Waals surface area contributed by atoms with Crippen LogP contribution in [0.2, 0.25) is 0 Å². The molecule has 0 spiro atoms. The monoisotopic (exact) mass is 374 g/mol. The summed E-state index contributed by atoms with van der Waals surface area (Å²) in [5.74, 6) is 1.41. The summed E-state index contributed by atoms with van der Waals surface area (Å²) in [6, 6.07) is 6.51. The zero-order valence-corrected chi connectivity index (χ0v) is 15.7. The molecule has 1 aliphatic rings. The Morgan fingerprint density at radius 2 is 2.00 bits per heavy atom. The van der Waals surface area contributed by atoms with Crippen molar-refractivity contribution in [3.05, 3.63) is 52.0 Å². The molecular formula is C19H27FN6O. The number of aryl methyl sites for hydroxylation is 2. The van der Waals surface area contributed by atoms with Crippen molar-refractivity contribution in [1.29, 1.82) is 0 Å². The van der Waals surface area contributed by atoms with Crippen LogP contribution in [0.3, 0.4) is 0 Å². The highest BCUT2D eigenvalue weighted by Crippen LogP contribution is 2.09. The van der Waals surface area contributed by atoms with Gasteiger partial charge in [0.2, 0.25) is 0 Å². The lowest BCUT2D eigenvalue weighted by molar-refractivity contribution is 0.509. The number of nitrogens with one attached hydrogen (secondary N) is 2. The van der Waals surface area contributed by atoms with E-state index >= 15 is 0 Å². The topological polar surface area (TPSA) is 76.2 Å². The van der Waals surface area contributed by atoms with Crippen molar-refractivity contribution in [3.63, 3.8) is 0 Å². The second-order valence-electron chi connectivity index (χ2n) is 6.69. The largest absolute Gasteiger partial charge is 0.356 e. The number of guanidine groups is 1. The molecule has 0 fully saturated rings. The van der Waals surface area contributed by atoms with E-state index < -0.39 is 0 Å². The van der Waals surface area contributed by atoms with Crippen LogP contribution in [0.4, 0.5) is 4.39 Å². The van der Waals surface area contributed by atoms with E-state index in [-0.39, 0.29) is 11.5 Å². The van der Waals surface area contributed by atoms with Gasteiger partial charge in [-0.25, -0.2) is 13.9 Å². The Kier molecular flexibility index (Phi) is 6.62. The highest BCUT2D eigenvalue weighted by atomic mass is 19.1. The number of aromatic nitrogens is 3. The molecule has 2 aromatic rings. The van der Waals surface area contributed by atoms with Crippen molar-refractivity contribution in [2.45, 2.75) is 45.2 Å². The van der Waals surface area contributed by atoms with Gasteiger partial charge in [-0.15, -0.1) is 0 Å². The fraction of sp³-hybridized carbons (Fsp3) is 0.526. The number of nitrogens with zero attached hydrogens (tertiary/aromatic N) is 4. The van der Waals surface area contributed by atoms with Crippen LogP contribution >= 0.6 is 0 Å². The van der Waals surface area contributed by atoms with Gasteiger partial charge >= 0.3 is 5.69 Å². The molecule has 0 unspecified atom stereocenters. The Morgan fingerprint density at radius 3 is 2.74 bits per heavy atom. The fourth-order valence-electron chi connectivity index (χ4n) is 3.23. The number of halogens is 1. The molecule has 0 amide bonds. The Labute approximate surface area is 158 Å². The molecule has 0 atom stereocenters. The zero-order chi connectivity index (χ0) is 19.1. The Hall–Kier alpha value is -2.64. The maximum atomic E-state index is 12.9. The van der Waals surface area contributed by atoms with Gasteiger partial charge in [-0.3, -0.25) is 9.56 Å². The molecule has 1 aromatic carbocycles. The molecular weight excluding hydrogens is 347 g/mol. The van der Waals surface area contributed by atoms with Crippen LogP contribution in [0, 0.1) is 5.82 Å². The molecule has 146 valence electrons. The number of fused-ring (bicyclic) bond motifs is 1. The van der Waals surface area contributed by atoms with Gasteiger partial charge in [0, 0.05) is 39.6 Å². The molecule has 8 heteroatoms. The van der Waals surface area contributed by atoms with E-state index in [1.165, 1.54) is 12.1 Å². The number of hydrogen-bond acceptors (Lipinski definition) is 3. The molecule has 27 heavy (non-hydrogen) atoms. The van der Waals surface area contributed by atoms with Gasteiger partial charge in [0.1, 0.15) is 11.6 Å². The molecule has 0 saturated carbocycles. The first kappa shape index (κ1) is 19.1. The fourth-order valence-corrected chi connectivity index (χ4v) is 3.23. The predicted molar refractivity (Wildman–Crippen MR) is 104 cm³/mol. The quantitative estimate of drug-likeness (QED) is 0.435. The van der Waals surface area contributed by atoms with Gasteiger partial charge in [0.15, 0.2) is 5.96 Å². The predicted octanol–water partition coefficient (Wildman–Crippen LogP) is 1.32. The third-order valence-corrected chi connectivity index (χ3v) is 4.71. The summed E-state index contributed by atoms with van der Waals surface area (Å²) in [5.41, 5.74) is 1.08. The Morgan fingerprint density at radius 1 is 1.22 bits per heavy atom. The Bertz CT molecular complexity index is 824. The number of benzene rings is 1. The smallest absolute Gasteiger partial charge is 0.345 e. The van der Waals surface area contributed by atoms with Crippen LogP contribution in [-0.4, -0.2) is 40.4 Å². The SMILES string of the molecule is CN=C(NCCCn1nc2n(c1=O)CCCC2)NCCc1ccc(F)cc1. The summed E-state index contributed by atoms with van der Waals surface area (Å²) in [6.07, 6.45) is 4.63. The summed E-state index contributed by atoms with van der Waals surface area (Å²) in [7, 11) is 1.72. The minimum absolute atomic E-state index is 0.00602. The van der Waals surface area contributed by atoms with E-state index in [0.29, 0.717) is 25.6 Å². The van der Waals surface area contributed by atoms with E-state index in [4.69, 9.17) is 0 Å².